The molecule has 0 aliphatic rings. The molecule has 6 heteroatoms. The number of benzene rings is 1. The van der Waals surface area contributed by atoms with Crippen LogP contribution in [0.15, 0.2) is 28.9 Å². The third kappa shape index (κ3) is 2.72. The van der Waals surface area contributed by atoms with Crippen LogP contribution >= 0.6 is 27.5 Å². The van der Waals surface area contributed by atoms with E-state index in [4.69, 9.17) is 11.6 Å². The molecule has 0 atom stereocenters. The van der Waals surface area contributed by atoms with Gasteiger partial charge in [0.2, 0.25) is 5.78 Å². The number of carbonyl (C=O) groups is 1. The fourth-order valence-electron chi connectivity index (χ4n) is 1.72. The van der Waals surface area contributed by atoms with E-state index >= 15 is 0 Å². The van der Waals surface area contributed by atoms with Crippen molar-refractivity contribution in [3.05, 3.63) is 51.0 Å². The fraction of sp³-hybridized carbons (Fsp3) is 0.231. The Morgan fingerprint density at radius 2 is 2.16 bits per heavy atom. The summed E-state index contributed by atoms with van der Waals surface area (Å²) in [6.07, 6.45) is 1.42. The number of hydrogen-bond donors (Lipinski definition) is 0. The topological polar surface area (TPSA) is 34.9 Å². The molecular weight excluding hydrogens is 335 g/mol. The summed E-state index contributed by atoms with van der Waals surface area (Å²) in [4.78, 5) is 12.4. The highest BCUT2D eigenvalue weighted by Gasteiger charge is 2.21. The summed E-state index contributed by atoms with van der Waals surface area (Å²) < 4.78 is 15.3. The van der Waals surface area contributed by atoms with Crippen molar-refractivity contribution < 1.29 is 9.18 Å². The largest absolute Gasteiger partial charge is 0.287 e. The van der Waals surface area contributed by atoms with Gasteiger partial charge in [-0.25, -0.2) is 4.39 Å². The first-order valence-electron chi connectivity index (χ1n) is 5.64. The summed E-state index contributed by atoms with van der Waals surface area (Å²) in [5.74, 6) is -0.833. The Bertz CT molecular complexity index is 640. The van der Waals surface area contributed by atoms with Gasteiger partial charge in [0.05, 0.1) is 15.7 Å². The molecule has 1 aromatic carbocycles. The number of carbonyl (C=O) groups excluding carboxylic acids is 1. The maximum atomic E-state index is 13.5. The molecule has 0 N–H and O–H groups in total. The minimum absolute atomic E-state index is 0.00764. The molecule has 0 unspecified atom stereocenters. The highest BCUT2D eigenvalue weighted by molar-refractivity contribution is 9.10. The Labute approximate surface area is 123 Å². The van der Waals surface area contributed by atoms with Crippen molar-refractivity contribution in [3.63, 3.8) is 0 Å². The van der Waals surface area contributed by atoms with Crippen molar-refractivity contribution in [2.75, 3.05) is 0 Å². The maximum absolute atomic E-state index is 13.5. The average Bonchev–Trinajstić information content (AvgIpc) is 2.74. The molecule has 19 heavy (non-hydrogen) atoms. The molecule has 0 aliphatic heterocycles. The molecule has 0 saturated carbocycles. The summed E-state index contributed by atoms with van der Waals surface area (Å²) >= 11 is 9.05. The molecule has 0 aliphatic carbocycles. The van der Waals surface area contributed by atoms with E-state index in [9.17, 15) is 9.18 Å². The molecule has 0 radical (unpaired) electrons. The zero-order valence-electron chi connectivity index (χ0n) is 10.3. The normalized spacial score (nSPS) is 11.1. The average molecular weight is 346 g/mol. The van der Waals surface area contributed by atoms with Gasteiger partial charge in [-0.15, -0.1) is 0 Å². The summed E-state index contributed by atoms with van der Waals surface area (Å²) in [7, 11) is 0. The first-order valence-corrected chi connectivity index (χ1v) is 6.81. The van der Waals surface area contributed by atoms with E-state index < -0.39 is 5.82 Å². The molecule has 3 nitrogen and oxygen atoms in total. The van der Waals surface area contributed by atoms with Crippen LogP contribution in [-0.4, -0.2) is 15.6 Å². The molecule has 1 heterocycles. The van der Waals surface area contributed by atoms with E-state index in [1.165, 1.54) is 23.0 Å². The van der Waals surface area contributed by atoms with Crippen molar-refractivity contribution in [2.45, 2.75) is 19.9 Å². The number of rotatable bonds is 3. The predicted molar refractivity (Wildman–Crippen MR) is 75.2 cm³/mol. The van der Waals surface area contributed by atoms with Crippen molar-refractivity contribution in [1.82, 2.24) is 9.78 Å². The Hall–Kier alpha value is -1.20. The number of ketones is 1. The molecule has 2 aromatic rings. The Kier molecular flexibility index (Phi) is 4.06. The van der Waals surface area contributed by atoms with E-state index in [0.29, 0.717) is 4.47 Å². The van der Waals surface area contributed by atoms with Crippen molar-refractivity contribution >= 4 is 33.3 Å². The Balaban J connectivity index is 2.49. The van der Waals surface area contributed by atoms with Gasteiger partial charge in [0.15, 0.2) is 0 Å². The van der Waals surface area contributed by atoms with Crippen molar-refractivity contribution in [3.8, 4) is 0 Å². The minimum Gasteiger partial charge on any atom is -0.287 e. The predicted octanol–water partition coefficient (Wildman–Crippen LogP) is 4.25. The standard InChI is InChI=1S/C13H11BrClFN2O/c1-7(2)18-12(10(15)6-17-18)13(19)8-3-4-9(14)11(16)5-8/h3-7H,1-2H3. The molecule has 0 spiro atoms. The molecular formula is C13H11BrClFN2O. The SMILES string of the molecule is CC(C)n1ncc(Cl)c1C(=O)c1ccc(Br)c(F)c1. The van der Waals surface area contributed by atoms with Crippen molar-refractivity contribution in [1.29, 1.82) is 0 Å². The lowest BCUT2D eigenvalue weighted by atomic mass is 10.1. The number of aromatic nitrogens is 2. The summed E-state index contributed by atoms with van der Waals surface area (Å²) in [5.41, 5.74) is 0.517. The van der Waals surface area contributed by atoms with Crippen LogP contribution in [0.1, 0.15) is 35.9 Å². The second-order valence-electron chi connectivity index (χ2n) is 4.34. The molecule has 0 saturated heterocycles. The smallest absolute Gasteiger partial charge is 0.212 e. The van der Waals surface area contributed by atoms with Gasteiger partial charge in [-0.2, -0.15) is 5.10 Å². The van der Waals surface area contributed by atoms with Crippen LogP contribution in [0.2, 0.25) is 5.02 Å². The van der Waals surface area contributed by atoms with Crippen molar-refractivity contribution in [2.24, 2.45) is 0 Å². The van der Waals surface area contributed by atoms with Crippen LogP contribution in [0.25, 0.3) is 0 Å². The van der Waals surface area contributed by atoms with Crippen LogP contribution in [0, 0.1) is 5.82 Å². The molecule has 1 aromatic heterocycles. The Morgan fingerprint density at radius 1 is 1.47 bits per heavy atom. The van der Waals surface area contributed by atoms with Crippen LogP contribution in [0.4, 0.5) is 4.39 Å². The zero-order chi connectivity index (χ0) is 14.2. The molecule has 2 rings (SSSR count). The zero-order valence-corrected chi connectivity index (χ0v) is 12.7. The summed E-state index contributed by atoms with van der Waals surface area (Å²) in [6, 6.07) is 4.21. The van der Waals surface area contributed by atoms with Gasteiger partial charge in [0.1, 0.15) is 11.5 Å². The minimum atomic E-state index is -0.488. The van der Waals surface area contributed by atoms with Gasteiger partial charge in [-0.3, -0.25) is 9.48 Å². The van der Waals surface area contributed by atoms with Gasteiger partial charge in [0, 0.05) is 11.6 Å². The van der Waals surface area contributed by atoms with Crippen LogP contribution in [0.5, 0.6) is 0 Å². The third-order valence-electron chi connectivity index (χ3n) is 2.64. The van der Waals surface area contributed by atoms with Gasteiger partial charge in [-0.1, -0.05) is 11.6 Å². The lowest BCUT2D eigenvalue weighted by Crippen LogP contribution is -2.14. The fourth-order valence-corrected chi connectivity index (χ4v) is 2.18. The quantitative estimate of drug-likeness (QED) is 0.780. The second-order valence-corrected chi connectivity index (χ2v) is 5.60. The lowest BCUT2D eigenvalue weighted by Gasteiger charge is -2.10. The van der Waals surface area contributed by atoms with E-state index in [-0.39, 0.29) is 28.1 Å². The highest BCUT2D eigenvalue weighted by atomic mass is 79.9. The summed E-state index contributed by atoms with van der Waals surface area (Å²) in [6.45, 7) is 3.78. The molecule has 100 valence electrons. The third-order valence-corrected chi connectivity index (χ3v) is 3.56. The first-order chi connectivity index (χ1) is 8.91. The number of hydrogen-bond acceptors (Lipinski definition) is 2. The molecule has 0 fully saturated rings. The van der Waals surface area contributed by atoms with Gasteiger partial charge >= 0.3 is 0 Å². The van der Waals surface area contributed by atoms with E-state index in [0.717, 1.165) is 0 Å². The van der Waals surface area contributed by atoms with E-state index in [1.807, 2.05) is 13.8 Å². The van der Waals surface area contributed by atoms with E-state index in [1.54, 1.807) is 6.07 Å². The monoisotopic (exact) mass is 344 g/mol. The number of halogens is 3. The van der Waals surface area contributed by atoms with Gasteiger partial charge < -0.3 is 0 Å². The highest BCUT2D eigenvalue weighted by Crippen LogP contribution is 2.24. The summed E-state index contributed by atoms with van der Waals surface area (Å²) in [5, 5.41) is 4.33. The lowest BCUT2D eigenvalue weighted by molar-refractivity contribution is 0.102. The van der Waals surface area contributed by atoms with Crippen LogP contribution in [0.3, 0.4) is 0 Å². The Morgan fingerprint density at radius 3 is 2.74 bits per heavy atom. The van der Waals surface area contributed by atoms with Gasteiger partial charge in [-0.05, 0) is 48.0 Å². The van der Waals surface area contributed by atoms with Crippen LogP contribution in [-0.2, 0) is 0 Å². The molecule has 0 amide bonds. The van der Waals surface area contributed by atoms with E-state index in [2.05, 4.69) is 21.0 Å². The maximum Gasteiger partial charge on any atom is 0.212 e. The molecule has 0 bridgehead atoms. The first kappa shape index (κ1) is 14.2. The number of nitrogens with zero attached hydrogens (tertiary/aromatic N) is 2. The van der Waals surface area contributed by atoms with Crippen LogP contribution < -0.4 is 0 Å². The second kappa shape index (κ2) is 5.43. The van der Waals surface area contributed by atoms with Gasteiger partial charge in [0.25, 0.3) is 0 Å².